The van der Waals surface area contributed by atoms with E-state index in [1.54, 1.807) is 7.11 Å². The maximum atomic E-state index is 12.0. The second-order valence-corrected chi connectivity index (χ2v) is 6.62. The number of rotatable bonds is 10. The van der Waals surface area contributed by atoms with Crippen LogP contribution in [0.2, 0.25) is 0 Å². The molecule has 1 aliphatic rings. The molecule has 124 valence electrons. The Morgan fingerprint density at radius 3 is 2.52 bits per heavy atom. The summed E-state index contributed by atoms with van der Waals surface area (Å²) in [6.07, 6.45) is 1.29. The van der Waals surface area contributed by atoms with Gasteiger partial charge in [0.2, 0.25) is 0 Å². The monoisotopic (exact) mass is 324 g/mol. The van der Waals surface area contributed by atoms with Crippen molar-refractivity contribution in [1.29, 1.82) is 0 Å². The average Bonchev–Trinajstić information content (AvgIpc) is 2.46. The minimum atomic E-state index is -3.52. The molecule has 1 saturated heterocycles. The van der Waals surface area contributed by atoms with Crippen LogP contribution in [-0.2, 0) is 24.5 Å². The summed E-state index contributed by atoms with van der Waals surface area (Å²) in [7, 11) is -1.93. The van der Waals surface area contributed by atoms with Gasteiger partial charge in [-0.3, -0.25) is 4.79 Å². The summed E-state index contributed by atoms with van der Waals surface area (Å²) in [5, 5.41) is 8.88. The molecule has 0 unspecified atom stereocenters. The molecule has 0 aromatic heterocycles. The standard InChI is InChI=1S/C12H24N2O6S/c1-19-9-10-20-8-2-5-13-21(17,18)14-6-3-11(4-7-14)12(15)16/h11,13H,2-10H2,1H3,(H,15,16). The third-order valence-corrected chi connectivity index (χ3v) is 4.94. The summed E-state index contributed by atoms with van der Waals surface area (Å²) in [5.41, 5.74) is 0. The van der Waals surface area contributed by atoms with E-state index in [0.29, 0.717) is 45.6 Å². The summed E-state index contributed by atoms with van der Waals surface area (Å²) in [5.74, 6) is -1.29. The van der Waals surface area contributed by atoms with Crippen LogP contribution in [0, 0.1) is 5.92 Å². The third kappa shape index (κ3) is 6.70. The number of carboxylic acids is 1. The van der Waals surface area contributed by atoms with Gasteiger partial charge in [0, 0.05) is 33.4 Å². The molecule has 0 aromatic rings. The first-order chi connectivity index (χ1) is 9.97. The van der Waals surface area contributed by atoms with Crippen LogP contribution in [0.5, 0.6) is 0 Å². The molecule has 0 amide bonds. The predicted molar refractivity (Wildman–Crippen MR) is 76.2 cm³/mol. The number of methoxy groups -OCH3 is 1. The Balaban J connectivity index is 2.20. The number of nitrogens with one attached hydrogen (secondary N) is 1. The van der Waals surface area contributed by atoms with Gasteiger partial charge in [-0.25, -0.2) is 4.72 Å². The fraction of sp³-hybridized carbons (Fsp3) is 0.917. The van der Waals surface area contributed by atoms with Gasteiger partial charge in [-0.05, 0) is 19.3 Å². The molecule has 0 bridgehead atoms. The molecule has 0 radical (unpaired) electrons. The predicted octanol–water partition coefficient (Wildman–Crippen LogP) is -0.329. The average molecular weight is 324 g/mol. The molecule has 9 heteroatoms. The molecule has 0 saturated carbocycles. The van der Waals surface area contributed by atoms with E-state index in [1.165, 1.54) is 4.31 Å². The Morgan fingerprint density at radius 2 is 1.95 bits per heavy atom. The Hall–Kier alpha value is -0.740. The summed E-state index contributed by atoms with van der Waals surface area (Å²) < 4.78 is 37.9. The molecule has 1 rings (SSSR count). The van der Waals surface area contributed by atoms with Crippen molar-refractivity contribution in [2.45, 2.75) is 19.3 Å². The van der Waals surface area contributed by atoms with Gasteiger partial charge < -0.3 is 14.6 Å². The van der Waals surface area contributed by atoms with Crippen molar-refractivity contribution in [1.82, 2.24) is 9.03 Å². The van der Waals surface area contributed by atoms with Gasteiger partial charge in [0.1, 0.15) is 0 Å². The number of carbonyl (C=O) groups is 1. The lowest BCUT2D eigenvalue weighted by atomic mass is 9.99. The summed E-state index contributed by atoms with van der Waals surface area (Å²) >= 11 is 0. The minimum Gasteiger partial charge on any atom is -0.481 e. The zero-order valence-electron chi connectivity index (χ0n) is 12.3. The van der Waals surface area contributed by atoms with Crippen molar-refractivity contribution in [2.24, 2.45) is 5.92 Å². The quantitative estimate of drug-likeness (QED) is 0.533. The fourth-order valence-electron chi connectivity index (χ4n) is 2.05. The molecular formula is C12H24N2O6S. The summed E-state index contributed by atoms with van der Waals surface area (Å²) in [6.45, 7) is 2.27. The molecule has 0 aliphatic carbocycles. The normalized spacial score (nSPS) is 18.0. The van der Waals surface area contributed by atoms with E-state index in [-0.39, 0.29) is 13.1 Å². The molecule has 0 spiro atoms. The van der Waals surface area contributed by atoms with Crippen LogP contribution in [0.25, 0.3) is 0 Å². The maximum Gasteiger partial charge on any atom is 0.306 e. The van der Waals surface area contributed by atoms with Gasteiger partial charge in [-0.2, -0.15) is 12.7 Å². The van der Waals surface area contributed by atoms with Crippen molar-refractivity contribution >= 4 is 16.2 Å². The van der Waals surface area contributed by atoms with Crippen LogP contribution < -0.4 is 4.72 Å². The number of aliphatic carboxylic acids is 1. The number of hydrogen-bond donors (Lipinski definition) is 2. The molecule has 21 heavy (non-hydrogen) atoms. The number of ether oxygens (including phenoxy) is 2. The highest BCUT2D eigenvalue weighted by molar-refractivity contribution is 7.87. The summed E-state index contributed by atoms with van der Waals surface area (Å²) in [6, 6.07) is 0. The van der Waals surface area contributed by atoms with Crippen molar-refractivity contribution in [2.75, 3.05) is 46.6 Å². The van der Waals surface area contributed by atoms with Gasteiger partial charge in [-0.15, -0.1) is 0 Å². The van der Waals surface area contributed by atoms with E-state index < -0.39 is 22.1 Å². The lowest BCUT2D eigenvalue weighted by Gasteiger charge is -2.29. The Bertz CT molecular complexity index is 406. The lowest BCUT2D eigenvalue weighted by Crippen LogP contribution is -2.46. The lowest BCUT2D eigenvalue weighted by molar-refractivity contribution is -0.142. The first-order valence-corrected chi connectivity index (χ1v) is 8.45. The van der Waals surface area contributed by atoms with Gasteiger partial charge in [0.05, 0.1) is 19.1 Å². The first-order valence-electron chi connectivity index (χ1n) is 7.01. The fourth-order valence-corrected chi connectivity index (χ4v) is 3.33. The zero-order valence-corrected chi connectivity index (χ0v) is 13.1. The molecule has 2 N–H and O–H groups in total. The van der Waals surface area contributed by atoms with Gasteiger partial charge in [0.15, 0.2) is 0 Å². The van der Waals surface area contributed by atoms with Crippen LogP contribution in [0.15, 0.2) is 0 Å². The highest BCUT2D eigenvalue weighted by Gasteiger charge is 2.30. The highest BCUT2D eigenvalue weighted by atomic mass is 32.2. The number of piperidine rings is 1. The first kappa shape index (κ1) is 18.3. The summed E-state index contributed by atoms with van der Waals surface area (Å²) in [4.78, 5) is 10.8. The van der Waals surface area contributed by atoms with Crippen molar-refractivity contribution in [3.05, 3.63) is 0 Å². The van der Waals surface area contributed by atoms with E-state index in [1.807, 2.05) is 0 Å². The van der Waals surface area contributed by atoms with Crippen LogP contribution in [0.1, 0.15) is 19.3 Å². The maximum absolute atomic E-state index is 12.0. The number of carboxylic acid groups (broad SMARTS) is 1. The Morgan fingerprint density at radius 1 is 1.29 bits per heavy atom. The Labute approximate surface area is 125 Å². The largest absolute Gasteiger partial charge is 0.481 e. The van der Waals surface area contributed by atoms with Crippen LogP contribution in [-0.4, -0.2) is 70.4 Å². The number of nitrogens with zero attached hydrogens (tertiary/aromatic N) is 1. The molecule has 1 heterocycles. The SMILES string of the molecule is COCCOCCCNS(=O)(=O)N1CCC(C(=O)O)CC1. The van der Waals surface area contributed by atoms with Crippen LogP contribution in [0.3, 0.4) is 0 Å². The second kappa shape index (κ2) is 9.31. The van der Waals surface area contributed by atoms with E-state index in [9.17, 15) is 13.2 Å². The van der Waals surface area contributed by atoms with Crippen LogP contribution >= 0.6 is 0 Å². The smallest absolute Gasteiger partial charge is 0.306 e. The van der Waals surface area contributed by atoms with E-state index in [4.69, 9.17) is 14.6 Å². The molecule has 0 aromatic carbocycles. The molecule has 0 atom stereocenters. The topological polar surface area (TPSA) is 105 Å². The van der Waals surface area contributed by atoms with Gasteiger partial charge >= 0.3 is 5.97 Å². The van der Waals surface area contributed by atoms with Gasteiger partial charge in [-0.1, -0.05) is 0 Å². The van der Waals surface area contributed by atoms with Gasteiger partial charge in [0.25, 0.3) is 10.2 Å². The molecular weight excluding hydrogens is 300 g/mol. The minimum absolute atomic E-state index is 0.247. The van der Waals surface area contributed by atoms with Crippen molar-refractivity contribution < 1.29 is 27.8 Å². The van der Waals surface area contributed by atoms with E-state index in [2.05, 4.69) is 4.72 Å². The number of hydrogen-bond acceptors (Lipinski definition) is 5. The van der Waals surface area contributed by atoms with Crippen molar-refractivity contribution in [3.8, 4) is 0 Å². The van der Waals surface area contributed by atoms with Crippen LogP contribution in [0.4, 0.5) is 0 Å². The highest BCUT2D eigenvalue weighted by Crippen LogP contribution is 2.18. The van der Waals surface area contributed by atoms with E-state index in [0.717, 1.165) is 0 Å². The molecule has 1 fully saturated rings. The Kier molecular flexibility index (Phi) is 8.12. The van der Waals surface area contributed by atoms with E-state index >= 15 is 0 Å². The second-order valence-electron chi connectivity index (χ2n) is 4.87. The van der Waals surface area contributed by atoms with Crippen molar-refractivity contribution in [3.63, 3.8) is 0 Å². The third-order valence-electron chi connectivity index (χ3n) is 3.32. The zero-order chi connectivity index (χ0) is 15.7. The molecule has 1 aliphatic heterocycles. The molecule has 8 nitrogen and oxygen atoms in total.